The molecule has 6 nitrogen and oxygen atoms in total. The molecule has 0 bridgehead atoms. The number of carbonyl (C=O) groups excluding carboxylic acids is 1. The number of methoxy groups -OCH3 is 1. The van der Waals surface area contributed by atoms with E-state index in [2.05, 4.69) is 70.9 Å². The van der Waals surface area contributed by atoms with Crippen LogP contribution in [0.3, 0.4) is 0 Å². The summed E-state index contributed by atoms with van der Waals surface area (Å²) in [5.41, 5.74) is 5.21. The van der Waals surface area contributed by atoms with E-state index in [1.165, 1.54) is 11.1 Å². The number of nitrogens with zero attached hydrogens (tertiary/aromatic N) is 3. The second-order valence-corrected chi connectivity index (χ2v) is 10.9. The van der Waals surface area contributed by atoms with Crippen LogP contribution in [0.4, 0.5) is 0 Å². The Hall–Kier alpha value is -3.45. The Balaban J connectivity index is 1.35. The smallest absolute Gasteiger partial charge is 0.269 e. The monoisotopic (exact) mass is 556 g/mol. The van der Waals surface area contributed by atoms with Crippen LogP contribution in [0, 0.1) is 0 Å². The Morgan fingerprint density at radius 1 is 0.925 bits per heavy atom. The number of carbonyl (C=O) groups is 1. The van der Waals surface area contributed by atoms with Crippen LogP contribution in [-0.4, -0.2) is 53.7 Å². The van der Waals surface area contributed by atoms with Crippen molar-refractivity contribution in [2.45, 2.75) is 37.8 Å². The lowest BCUT2D eigenvalue weighted by molar-refractivity contribution is 0.0936. The number of halogens is 1. The van der Waals surface area contributed by atoms with E-state index in [1.807, 2.05) is 28.8 Å². The summed E-state index contributed by atoms with van der Waals surface area (Å²) < 4.78 is 7.10. The molecule has 0 atom stereocenters. The SMILES string of the molecule is COCCCNC(=O)c1c(CN2CCC(c3ccccc3)(c3ccccc3)CC2)ncn1Cc1ccc(Cl)cc1. The third kappa shape index (κ3) is 6.47. The van der Waals surface area contributed by atoms with E-state index in [0.717, 1.165) is 43.6 Å². The van der Waals surface area contributed by atoms with Crippen molar-refractivity contribution in [1.82, 2.24) is 19.8 Å². The third-order valence-electron chi connectivity index (χ3n) is 7.94. The predicted molar refractivity (Wildman–Crippen MR) is 160 cm³/mol. The first kappa shape index (κ1) is 28.1. The number of likely N-dealkylation sites (tertiary alicyclic amines) is 1. The van der Waals surface area contributed by atoms with Crippen LogP contribution >= 0.6 is 11.6 Å². The zero-order chi connectivity index (χ0) is 27.8. The third-order valence-corrected chi connectivity index (χ3v) is 8.19. The van der Waals surface area contributed by atoms with E-state index in [1.54, 1.807) is 13.4 Å². The zero-order valence-corrected chi connectivity index (χ0v) is 23.8. The Bertz CT molecular complexity index is 1320. The highest BCUT2D eigenvalue weighted by molar-refractivity contribution is 6.30. The van der Waals surface area contributed by atoms with Crippen LogP contribution in [0.2, 0.25) is 5.02 Å². The highest BCUT2D eigenvalue weighted by Crippen LogP contribution is 2.42. The van der Waals surface area contributed by atoms with Gasteiger partial charge in [0.15, 0.2) is 0 Å². The van der Waals surface area contributed by atoms with Crippen molar-refractivity contribution in [3.63, 3.8) is 0 Å². The molecule has 0 aliphatic carbocycles. The molecule has 1 fully saturated rings. The number of ether oxygens (including phenoxy) is 1. The quantitative estimate of drug-likeness (QED) is 0.233. The van der Waals surface area contributed by atoms with Crippen molar-refractivity contribution < 1.29 is 9.53 Å². The molecule has 4 aromatic rings. The molecule has 1 N–H and O–H groups in total. The maximum Gasteiger partial charge on any atom is 0.269 e. The van der Waals surface area contributed by atoms with Crippen LogP contribution in [0.25, 0.3) is 0 Å². The zero-order valence-electron chi connectivity index (χ0n) is 23.1. The van der Waals surface area contributed by atoms with Crippen molar-refractivity contribution >= 4 is 17.5 Å². The van der Waals surface area contributed by atoms with Crippen LogP contribution in [0.5, 0.6) is 0 Å². The van der Waals surface area contributed by atoms with Gasteiger partial charge in [0.2, 0.25) is 0 Å². The molecule has 0 unspecified atom stereocenters. The lowest BCUT2D eigenvalue weighted by atomic mass is 9.68. The summed E-state index contributed by atoms with van der Waals surface area (Å²) in [6, 6.07) is 29.5. The molecule has 0 spiro atoms. The minimum Gasteiger partial charge on any atom is -0.385 e. The molecular formula is C33H37ClN4O2. The molecule has 1 aromatic heterocycles. The lowest BCUT2D eigenvalue weighted by Gasteiger charge is -2.43. The van der Waals surface area contributed by atoms with Crippen LogP contribution < -0.4 is 5.32 Å². The molecule has 208 valence electrons. The van der Waals surface area contributed by atoms with Gasteiger partial charge in [0.05, 0.1) is 12.0 Å². The van der Waals surface area contributed by atoms with Crippen LogP contribution in [0.15, 0.2) is 91.3 Å². The molecule has 1 aliphatic heterocycles. The summed E-state index contributed by atoms with van der Waals surface area (Å²) in [5, 5.41) is 3.76. The first-order chi connectivity index (χ1) is 19.6. The van der Waals surface area contributed by atoms with Crippen molar-refractivity contribution in [3.05, 3.63) is 124 Å². The number of rotatable bonds is 11. The number of nitrogens with one attached hydrogen (secondary N) is 1. The summed E-state index contributed by atoms with van der Waals surface area (Å²) in [6.07, 6.45) is 4.56. The molecular weight excluding hydrogens is 520 g/mol. The van der Waals surface area contributed by atoms with E-state index in [-0.39, 0.29) is 11.3 Å². The van der Waals surface area contributed by atoms with Gasteiger partial charge in [-0.2, -0.15) is 0 Å². The molecule has 1 saturated heterocycles. The Kier molecular flexibility index (Phi) is 9.32. The number of hydrogen-bond acceptors (Lipinski definition) is 4. The molecule has 3 aromatic carbocycles. The summed E-state index contributed by atoms with van der Waals surface area (Å²) >= 11 is 6.09. The Labute approximate surface area is 242 Å². The van der Waals surface area contributed by atoms with Gasteiger partial charge >= 0.3 is 0 Å². The Morgan fingerprint density at radius 2 is 1.55 bits per heavy atom. The van der Waals surface area contributed by atoms with Gasteiger partial charge in [-0.15, -0.1) is 0 Å². The fourth-order valence-electron chi connectivity index (χ4n) is 5.77. The fourth-order valence-corrected chi connectivity index (χ4v) is 5.90. The second kappa shape index (κ2) is 13.3. The highest BCUT2D eigenvalue weighted by atomic mass is 35.5. The molecule has 0 radical (unpaired) electrons. The van der Waals surface area contributed by atoms with Crippen molar-refractivity contribution in [1.29, 1.82) is 0 Å². The number of aromatic nitrogens is 2. The number of benzene rings is 3. The topological polar surface area (TPSA) is 59.4 Å². The first-order valence-corrected chi connectivity index (χ1v) is 14.4. The van der Waals surface area contributed by atoms with Crippen molar-refractivity contribution in [2.75, 3.05) is 33.4 Å². The van der Waals surface area contributed by atoms with Crippen LogP contribution in [0.1, 0.15) is 52.1 Å². The van der Waals surface area contributed by atoms with Gasteiger partial charge in [0.1, 0.15) is 5.69 Å². The second-order valence-electron chi connectivity index (χ2n) is 10.5. The van der Waals surface area contributed by atoms with Gasteiger partial charge < -0.3 is 14.6 Å². The Morgan fingerprint density at radius 3 is 2.15 bits per heavy atom. The molecule has 1 amide bonds. The summed E-state index contributed by atoms with van der Waals surface area (Å²) in [6.45, 7) is 4.18. The lowest BCUT2D eigenvalue weighted by Crippen LogP contribution is -2.43. The first-order valence-electron chi connectivity index (χ1n) is 14.0. The van der Waals surface area contributed by atoms with Gasteiger partial charge in [0.25, 0.3) is 5.91 Å². The van der Waals surface area contributed by atoms with E-state index < -0.39 is 0 Å². The fraction of sp³-hybridized carbons (Fsp3) is 0.333. The predicted octanol–water partition coefficient (Wildman–Crippen LogP) is 5.93. The van der Waals surface area contributed by atoms with Gasteiger partial charge in [-0.3, -0.25) is 9.69 Å². The van der Waals surface area contributed by atoms with Gasteiger partial charge in [0, 0.05) is 43.8 Å². The molecule has 0 saturated carbocycles. The number of hydrogen-bond donors (Lipinski definition) is 1. The normalized spacial score (nSPS) is 15.2. The number of imidazole rings is 1. The van der Waals surface area contributed by atoms with Crippen molar-refractivity contribution in [3.8, 4) is 0 Å². The summed E-state index contributed by atoms with van der Waals surface area (Å²) in [7, 11) is 1.67. The number of amides is 1. The van der Waals surface area contributed by atoms with Crippen LogP contribution in [-0.2, 0) is 23.2 Å². The van der Waals surface area contributed by atoms with Gasteiger partial charge in [-0.25, -0.2) is 4.98 Å². The molecule has 1 aliphatic rings. The highest BCUT2D eigenvalue weighted by Gasteiger charge is 2.38. The summed E-state index contributed by atoms with van der Waals surface area (Å²) in [5.74, 6) is -0.0995. The average Bonchev–Trinajstić information content (AvgIpc) is 3.39. The van der Waals surface area contributed by atoms with E-state index in [4.69, 9.17) is 21.3 Å². The minimum absolute atomic E-state index is 0.0193. The molecule has 40 heavy (non-hydrogen) atoms. The number of piperidine rings is 1. The molecule has 7 heteroatoms. The maximum absolute atomic E-state index is 13.4. The van der Waals surface area contributed by atoms with E-state index in [9.17, 15) is 4.79 Å². The van der Waals surface area contributed by atoms with E-state index >= 15 is 0 Å². The largest absolute Gasteiger partial charge is 0.385 e. The molecule has 5 rings (SSSR count). The standard InChI is InChI=1S/C33H37ClN4O2/c1-40-22-8-19-35-32(39)31-30(36-25-38(31)23-26-13-15-29(34)16-14-26)24-37-20-17-33(18-21-37,27-9-4-2-5-10-27)28-11-6-3-7-12-28/h2-7,9-16,25H,8,17-24H2,1H3,(H,35,39). The van der Waals surface area contributed by atoms with Crippen molar-refractivity contribution in [2.24, 2.45) is 0 Å². The van der Waals surface area contributed by atoms with Gasteiger partial charge in [-0.1, -0.05) is 84.4 Å². The molecule has 2 heterocycles. The summed E-state index contributed by atoms with van der Waals surface area (Å²) in [4.78, 5) is 20.6. The minimum atomic E-state index is -0.0995. The van der Waals surface area contributed by atoms with Gasteiger partial charge in [-0.05, 0) is 61.2 Å². The maximum atomic E-state index is 13.4. The average molecular weight is 557 g/mol. The van der Waals surface area contributed by atoms with E-state index in [0.29, 0.717) is 37.0 Å².